The van der Waals surface area contributed by atoms with Crippen molar-refractivity contribution in [2.24, 2.45) is 5.41 Å². The Bertz CT molecular complexity index is 811. The number of H-pyrrole nitrogens is 1. The van der Waals surface area contributed by atoms with Crippen molar-refractivity contribution in [3.63, 3.8) is 0 Å². The number of benzene rings is 1. The summed E-state index contributed by atoms with van der Waals surface area (Å²) in [6.07, 6.45) is 2.67. The van der Waals surface area contributed by atoms with Gasteiger partial charge in [0, 0.05) is 38.3 Å². The lowest BCUT2D eigenvalue weighted by Crippen LogP contribution is -2.58. The number of aromatic nitrogens is 2. The topological polar surface area (TPSA) is 52.2 Å². The number of carbonyl (C=O) groups excluding carboxylic acids is 1. The summed E-state index contributed by atoms with van der Waals surface area (Å²) in [5.41, 5.74) is -0.437. The van der Waals surface area contributed by atoms with Crippen molar-refractivity contribution in [2.75, 3.05) is 31.1 Å². The number of halogens is 3. The molecule has 1 spiro atoms. The molecule has 0 bridgehead atoms. The highest BCUT2D eigenvalue weighted by molar-refractivity contribution is 5.92. The Morgan fingerprint density at radius 1 is 1.19 bits per heavy atom. The molecule has 1 N–H and O–H groups in total. The maximum absolute atomic E-state index is 14.9. The second-order valence-corrected chi connectivity index (χ2v) is 7.08. The minimum Gasteiger partial charge on any atom is -0.371 e. The molecule has 0 aliphatic carbocycles. The standard InChI is InChI=1S/C18H19F3N4O/c19-13-2-1-3-14(8-13)24-6-4-17(10-24)11-25(7-5-18(17,20)21)16(26)15-9-22-12-23-15/h1-3,8-9,12H,4-7,10-11H2,(H,22,23). The van der Waals surface area contributed by atoms with Gasteiger partial charge in [-0.25, -0.2) is 18.2 Å². The van der Waals surface area contributed by atoms with Crippen LogP contribution >= 0.6 is 0 Å². The van der Waals surface area contributed by atoms with Crippen LogP contribution in [0.3, 0.4) is 0 Å². The van der Waals surface area contributed by atoms with E-state index < -0.39 is 17.2 Å². The van der Waals surface area contributed by atoms with Crippen LogP contribution in [0.15, 0.2) is 36.8 Å². The van der Waals surface area contributed by atoms with Gasteiger partial charge >= 0.3 is 0 Å². The fourth-order valence-electron chi connectivity index (χ4n) is 4.01. The number of alkyl halides is 2. The van der Waals surface area contributed by atoms with Crippen molar-refractivity contribution in [1.29, 1.82) is 0 Å². The van der Waals surface area contributed by atoms with E-state index >= 15 is 0 Å². The van der Waals surface area contributed by atoms with E-state index in [2.05, 4.69) is 9.97 Å². The first-order valence-corrected chi connectivity index (χ1v) is 8.56. The van der Waals surface area contributed by atoms with E-state index in [1.807, 2.05) is 0 Å². The molecule has 4 rings (SSSR count). The molecular weight excluding hydrogens is 345 g/mol. The van der Waals surface area contributed by atoms with Crippen LogP contribution in [0.2, 0.25) is 0 Å². The highest BCUT2D eigenvalue weighted by atomic mass is 19.3. The number of nitrogens with one attached hydrogen (secondary N) is 1. The zero-order valence-electron chi connectivity index (χ0n) is 14.1. The Balaban J connectivity index is 1.58. The van der Waals surface area contributed by atoms with E-state index in [4.69, 9.17) is 0 Å². The van der Waals surface area contributed by atoms with Crippen molar-refractivity contribution >= 4 is 11.6 Å². The van der Waals surface area contributed by atoms with Gasteiger partial charge in [-0.3, -0.25) is 4.79 Å². The third-order valence-electron chi connectivity index (χ3n) is 5.51. The Labute approximate surface area is 148 Å². The Hall–Kier alpha value is -2.51. The number of rotatable bonds is 2. The van der Waals surface area contributed by atoms with Crippen molar-refractivity contribution in [3.05, 3.63) is 48.3 Å². The summed E-state index contributed by atoms with van der Waals surface area (Å²) in [6.45, 7) is 0.484. The number of imidazole rings is 1. The highest BCUT2D eigenvalue weighted by Gasteiger charge is 2.60. The van der Waals surface area contributed by atoms with E-state index in [0.29, 0.717) is 17.9 Å². The molecule has 0 saturated carbocycles. The monoisotopic (exact) mass is 364 g/mol. The lowest BCUT2D eigenvalue weighted by Gasteiger charge is -2.45. The molecule has 1 atom stereocenters. The Kier molecular flexibility index (Phi) is 3.93. The third kappa shape index (κ3) is 2.73. The lowest BCUT2D eigenvalue weighted by atomic mass is 9.75. The van der Waals surface area contributed by atoms with Gasteiger partial charge in [-0.1, -0.05) is 6.07 Å². The molecule has 3 heterocycles. The zero-order valence-corrected chi connectivity index (χ0v) is 14.1. The predicted octanol–water partition coefficient (Wildman–Crippen LogP) is 2.93. The van der Waals surface area contributed by atoms with Crippen LogP contribution in [0, 0.1) is 11.2 Å². The quantitative estimate of drug-likeness (QED) is 0.892. The van der Waals surface area contributed by atoms with Crippen molar-refractivity contribution < 1.29 is 18.0 Å². The molecule has 5 nitrogen and oxygen atoms in total. The number of carbonyl (C=O) groups is 1. The molecule has 2 fully saturated rings. The van der Waals surface area contributed by atoms with Gasteiger partial charge in [-0.05, 0) is 24.6 Å². The third-order valence-corrected chi connectivity index (χ3v) is 5.51. The lowest BCUT2D eigenvalue weighted by molar-refractivity contribution is -0.150. The molecule has 8 heteroatoms. The van der Waals surface area contributed by atoms with Crippen LogP contribution in [0.25, 0.3) is 0 Å². The molecule has 2 aromatic rings. The summed E-state index contributed by atoms with van der Waals surface area (Å²) in [5, 5.41) is 0. The molecule has 26 heavy (non-hydrogen) atoms. The second-order valence-electron chi connectivity index (χ2n) is 7.08. The first-order valence-electron chi connectivity index (χ1n) is 8.56. The Morgan fingerprint density at radius 2 is 2.04 bits per heavy atom. The zero-order chi connectivity index (χ0) is 18.4. The predicted molar refractivity (Wildman–Crippen MR) is 89.7 cm³/mol. The van der Waals surface area contributed by atoms with Crippen molar-refractivity contribution in [3.8, 4) is 0 Å². The largest absolute Gasteiger partial charge is 0.371 e. The summed E-state index contributed by atoms with van der Waals surface area (Å²) < 4.78 is 43.2. The molecular formula is C18H19F3N4O. The van der Waals surface area contributed by atoms with Gasteiger partial charge in [0.25, 0.3) is 11.8 Å². The van der Waals surface area contributed by atoms with E-state index in [1.54, 1.807) is 17.0 Å². The van der Waals surface area contributed by atoms with Gasteiger partial charge < -0.3 is 14.8 Å². The smallest absolute Gasteiger partial charge is 0.271 e. The first-order chi connectivity index (χ1) is 12.4. The molecule has 2 aliphatic heterocycles. The number of likely N-dealkylation sites (tertiary alicyclic amines) is 1. The molecule has 1 unspecified atom stereocenters. The summed E-state index contributed by atoms with van der Waals surface area (Å²) in [7, 11) is 0. The van der Waals surface area contributed by atoms with E-state index in [1.165, 1.54) is 29.6 Å². The van der Waals surface area contributed by atoms with Gasteiger partial charge in [0.2, 0.25) is 0 Å². The van der Waals surface area contributed by atoms with E-state index in [-0.39, 0.29) is 38.4 Å². The number of piperidine rings is 1. The number of hydrogen-bond donors (Lipinski definition) is 1. The van der Waals surface area contributed by atoms with Crippen molar-refractivity contribution in [1.82, 2.24) is 14.9 Å². The van der Waals surface area contributed by atoms with Gasteiger partial charge in [-0.2, -0.15) is 0 Å². The second kappa shape index (κ2) is 6.03. The molecule has 0 radical (unpaired) electrons. The van der Waals surface area contributed by atoms with Crippen LogP contribution < -0.4 is 4.90 Å². The van der Waals surface area contributed by atoms with Gasteiger partial charge in [0.15, 0.2) is 0 Å². The van der Waals surface area contributed by atoms with Gasteiger partial charge in [0.1, 0.15) is 11.5 Å². The molecule has 1 aromatic heterocycles. The summed E-state index contributed by atoms with van der Waals surface area (Å²) in [6, 6.07) is 5.97. The Morgan fingerprint density at radius 3 is 2.77 bits per heavy atom. The average Bonchev–Trinajstić information content (AvgIpc) is 3.28. The summed E-state index contributed by atoms with van der Waals surface area (Å²) >= 11 is 0. The number of anilines is 1. The molecule has 2 aliphatic rings. The average molecular weight is 364 g/mol. The van der Waals surface area contributed by atoms with Gasteiger partial charge in [-0.15, -0.1) is 0 Å². The fourth-order valence-corrected chi connectivity index (χ4v) is 4.01. The molecule has 2 saturated heterocycles. The molecule has 138 valence electrons. The highest BCUT2D eigenvalue weighted by Crippen LogP contribution is 2.50. The van der Waals surface area contributed by atoms with Crippen LogP contribution in [0.5, 0.6) is 0 Å². The minimum atomic E-state index is -2.88. The maximum Gasteiger partial charge on any atom is 0.271 e. The first kappa shape index (κ1) is 16.9. The van der Waals surface area contributed by atoms with Crippen LogP contribution in [-0.4, -0.2) is 52.9 Å². The SMILES string of the molecule is O=C(c1cnc[nH]1)N1CCC(F)(F)C2(CCN(c3cccc(F)c3)C2)C1. The van der Waals surface area contributed by atoms with E-state index in [9.17, 15) is 18.0 Å². The maximum atomic E-state index is 14.9. The van der Waals surface area contributed by atoms with Crippen LogP contribution in [0.1, 0.15) is 23.3 Å². The number of hydrogen-bond acceptors (Lipinski definition) is 3. The van der Waals surface area contributed by atoms with Crippen molar-refractivity contribution in [2.45, 2.75) is 18.8 Å². The normalized spacial score (nSPS) is 25.0. The molecule has 1 aromatic carbocycles. The van der Waals surface area contributed by atoms with Crippen LogP contribution in [0.4, 0.5) is 18.9 Å². The number of aromatic amines is 1. The fraction of sp³-hybridized carbons (Fsp3) is 0.444. The number of nitrogens with zero attached hydrogens (tertiary/aromatic N) is 3. The van der Waals surface area contributed by atoms with E-state index in [0.717, 1.165) is 0 Å². The minimum absolute atomic E-state index is 0.00652. The summed E-state index contributed by atoms with van der Waals surface area (Å²) in [4.78, 5) is 22.4. The van der Waals surface area contributed by atoms with Gasteiger partial charge in [0.05, 0.1) is 17.9 Å². The molecule has 1 amide bonds. The number of amides is 1. The van der Waals surface area contributed by atoms with Crippen LogP contribution in [-0.2, 0) is 0 Å². The summed E-state index contributed by atoms with van der Waals surface area (Å²) in [5.74, 6) is -3.59.